The molecule has 0 amide bonds. The minimum atomic E-state index is -0.503. The number of aliphatic hydroxyl groups is 1. The van der Waals surface area contributed by atoms with Crippen LogP contribution in [-0.4, -0.2) is 36.5 Å². The topological polar surface area (TPSA) is 54.4 Å². The lowest BCUT2D eigenvalue weighted by atomic mass is 10.3. The van der Waals surface area contributed by atoms with Gasteiger partial charge in [-0.2, -0.15) is 0 Å². The fourth-order valence-electron chi connectivity index (χ4n) is 1.40. The highest BCUT2D eigenvalue weighted by atomic mass is 32.1. The molecule has 0 aliphatic rings. The van der Waals surface area contributed by atoms with E-state index in [1.54, 1.807) is 18.4 Å². The Hall–Kier alpha value is -1.17. The van der Waals surface area contributed by atoms with Crippen molar-refractivity contribution in [3.05, 3.63) is 24.3 Å². The number of nitrogens with one attached hydrogen (secondary N) is 1. The molecule has 1 aromatic carbocycles. The maximum Gasteiger partial charge on any atom is 0.183 e. The average Bonchev–Trinajstić information content (AvgIpc) is 2.69. The van der Waals surface area contributed by atoms with Gasteiger partial charge in [0.2, 0.25) is 0 Å². The van der Waals surface area contributed by atoms with Crippen LogP contribution >= 0.6 is 11.3 Å². The molecule has 0 bridgehead atoms. The second-order valence-corrected chi connectivity index (χ2v) is 4.51. The van der Waals surface area contributed by atoms with Crippen molar-refractivity contribution in [2.75, 3.05) is 25.6 Å². The summed E-state index contributed by atoms with van der Waals surface area (Å²) in [5.41, 5.74) is 0.983. The maximum atomic E-state index is 9.47. The number of fused-ring (bicyclic) bond motifs is 1. The van der Waals surface area contributed by atoms with E-state index in [9.17, 15) is 5.11 Å². The van der Waals surface area contributed by atoms with Crippen LogP contribution in [0.4, 0.5) is 5.13 Å². The van der Waals surface area contributed by atoms with E-state index in [1.165, 1.54) is 0 Å². The summed E-state index contributed by atoms with van der Waals surface area (Å²) in [4.78, 5) is 4.40. The molecule has 1 unspecified atom stereocenters. The van der Waals surface area contributed by atoms with Gasteiger partial charge in [0.05, 0.1) is 22.9 Å². The van der Waals surface area contributed by atoms with E-state index >= 15 is 0 Å². The Labute approximate surface area is 97.9 Å². The van der Waals surface area contributed by atoms with Gasteiger partial charge in [-0.25, -0.2) is 4.98 Å². The third-order valence-electron chi connectivity index (χ3n) is 2.14. The van der Waals surface area contributed by atoms with Gasteiger partial charge >= 0.3 is 0 Å². The van der Waals surface area contributed by atoms with Gasteiger partial charge in [-0.3, -0.25) is 0 Å². The maximum absolute atomic E-state index is 9.47. The van der Waals surface area contributed by atoms with Crippen LogP contribution in [0.2, 0.25) is 0 Å². The van der Waals surface area contributed by atoms with Gasteiger partial charge in [0, 0.05) is 13.7 Å². The summed E-state index contributed by atoms with van der Waals surface area (Å²) in [6.07, 6.45) is -0.503. The molecule has 5 heteroatoms. The van der Waals surface area contributed by atoms with Crippen LogP contribution in [0, 0.1) is 0 Å². The Morgan fingerprint density at radius 1 is 1.50 bits per heavy atom. The molecular formula is C11H14N2O2S. The van der Waals surface area contributed by atoms with E-state index in [2.05, 4.69) is 10.3 Å². The number of thiazole rings is 1. The van der Waals surface area contributed by atoms with Crippen LogP contribution in [0.25, 0.3) is 10.2 Å². The first kappa shape index (κ1) is 11.3. The quantitative estimate of drug-likeness (QED) is 0.832. The number of aromatic nitrogens is 1. The zero-order valence-electron chi connectivity index (χ0n) is 9.01. The molecule has 2 aromatic rings. The van der Waals surface area contributed by atoms with Crippen LogP contribution in [0.15, 0.2) is 24.3 Å². The lowest BCUT2D eigenvalue weighted by Gasteiger charge is -2.09. The summed E-state index contributed by atoms with van der Waals surface area (Å²) in [7, 11) is 1.57. The molecular weight excluding hydrogens is 224 g/mol. The predicted molar refractivity (Wildman–Crippen MR) is 66.0 cm³/mol. The van der Waals surface area contributed by atoms with Gasteiger partial charge in [0.15, 0.2) is 5.13 Å². The fraction of sp³-hybridized carbons (Fsp3) is 0.364. The first-order chi connectivity index (χ1) is 7.79. The largest absolute Gasteiger partial charge is 0.389 e. The van der Waals surface area contributed by atoms with Crippen molar-refractivity contribution in [3.63, 3.8) is 0 Å². The molecule has 86 valence electrons. The number of para-hydroxylation sites is 1. The molecule has 1 aromatic heterocycles. The summed E-state index contributed by atoms with van der Waals surface area (Å²) in [5, 5.41) is 13.4. The number of nitrogens with zero attached hydrogens (tertiary/aromatic N) is 1. The van der Waals surface area contributed by atoms with Crippen LogP contribution in [-0.2, 0) is 4.74 Å². The van der Waals surface area contributed by atoms with Gasteiger partial charge < -0.3 is 15.2 Å². The van der Waals surface area contributed by atoms with E-state index in [1.807, 2.05) is 24.3 Å². The van der Waals surface area contributed by atoms with Gasteiger partial charge in [-0.1, -0.05) is 23.5 Å². The monoisotopic (exact) mass is 238 g/mol. The molecule has 1 atom stereocenters. The average molecular weight is 238 g/mol. The van der Waals surface area contributed by atoms with Crippen molar-refractivity contribution < 1.29 is 9.84 Å². The highest BCUT2D eigenvalue weighted by molar-refractivity contribution is 7.22. The van der Waals surface area contributed by atoms with E-state index in [4.69, 9.17) is 4.74 Å². The molecule has 0 aliphatic carbocycles. The number of methoxy groups -OCH3 is 1. The molecule has 2 N–H and O–H groups in total. The number of ether oxygens (including phenoxy) is 1. The van der Waals surface area contributed by atoms with Gasteiger partial charge in [-0.05, 0) is 12.1 Å². The molecule has 0 fully saturated rings. The summed E-state index contributed by atoms with van der Waals surface area (Å²) in [5.74, 6) is 0. The van der Waals surface area contributed by atoms with Crippen LogP contribution < -0.4 is 5.32 Å². The van der Waals surface area contributed by atoms with E-state index in [-0.39, 0.29) is 0 Å². The van der Waals surface area contributed by atoms with Crippen molar-refractivity contribution in [2.24, 2.45) is 0 Å². The van der Waals surface area contributed by atoms with Crippen LogP contribution in [0.1, 0.15) is 0 Å². The van der Waals surface area contributed by atoms with Crippen molar-refractivity contribution >= 4 is 26.7 Å². The Morgan fingerprint density at radius 2 is 2.31 bits per heavy atom. The number of hydrogen-bond donors (Lipinski definition) is 2. The molecule has 1 heterocycles. The number of hydrogen-bond acceptors (Lipinski definition) is 5. The smallest absolute Gasteiger partial charge is 0.183 e. The Bertz CT molecular complexity index is 425. The van der Waals surface area contributed by atoms with Gasteiger partial charge in [-0.15, -0.1) is 0 Å². The summed E-state index contributed by atoms with van der Waals surface area (Å²) >= 11 is 1.58. The summed E-state index contributed by atoms with van der Waals surface area (Å²) in [6, 6.07) is 7.96. The SMILES string of the molecule is COCC(O)CNc1nc2ccccc2s1. The third kappa shape index (κ3) is 2.69. The van der Waals surface area contributed by atoms with Crippen molar-refractivity contribution in [3.8, 4) is 0 Å². The number of rotatable bonds is 5. The first-order valence-electron chi connectivity index (χ1n) is 5.06. The Balaban J connectivity index is 1.99. The predicted octanol–water partition coefficient (Wildman–Crippen LogP) is 1.72. The van der Waals surface area contributed by atoms with E-state index in [0.29, 0.717) is 13.2 Å². The Morgan fingerprint density at radius 3 is 3.06 bits per heavy atom. The zero-order chi connectivity index (χ0) is 11.4. The molecule has 0 saturated heterocycles. The number of benzene rings is 1. The second kappa shape index (κ2) is 5.25. The number of anilines is 1. The standard InChI is InChI=1S/C11H14N2O2S/c1-15-7-8(14)6-12-11-13-9-4-2-3-5-10(9)16-11/h2-5,8,14H,6-7H2,1H3,(H,12,13). The highest BCUT2D eigenvalue weighted by Crippen LogP contribution is 2.25. The highest BCUT2D eigenvalue weighted by Gasteiger charge is 2.06. The number of aliphatic hydroxyl groups excluding tert-OH is 1. The van der Waals surface area contributed by atoms with Crippen molar-refractivity contribution in [2.45, 2.75) is 6.10 Å². The molecule has 0 saturated carbocycles. The molecule has 4 nitrogen and oxygen atoms in total. The zero-order valence-corrected chi connectivity index (χ0v) is 9.83. The molecule has 16 heavy (non-hydrogen) atoms. The van der Waals surface area contributed by atoms with Gasteiger partial charge in [0.1, 0.15) is 0 Å². The van der Waals surface area contributed by atoms with Crippen LogP contribution in [0.3, 0.4) is 0 Å². The van der Waals surface area contributed by atoms with Crippen molar-refractivity contribution in [1.82, 2.24) is 4.98 Å². The summed E-state index contributed by atoms with van der Waals surface area (Å²) < 4.78 is 5.99. The first-order valence-corrected chi connectivity index (χ1v) is 5.87. The fourth-order valence-corrected chi connectivity index (χ4v) is 2.28. The van der Waals surface area contributed by atoms with Crippen molar-refractivity contribution in [1.29, 1.82) is 0 Å². The van der Waals surface area contributed by atoms with E-state index in [0.717, 1.165) is 15.3 Å². The minimum Gasteiger partial charge on any atom is -0.389 e. The molecule has 0 aliphatic heterocycles. The second-order valence-electron chi connectivity index (χ2n) is 3.48. The molecule has 0 spiro atoms. The van der Waals surface area contributed by atoms with Crippen LogP contribution in [0.5, 0.6) is 0 Å². The van der Waals surface area contributed by atoms with E-state index < -0.39 is 6.10 Å². The normalized spacial score (nSPS) is 12.9. The summed E-state index contributed by atoms with van der Waals surface area (Å²) in [6.45, 7) is 0.783. The lowest BCUT2D eigenvalue weighted by molar-refractivity contribution is 0.0727. The molecule has 2 rings (SSSR count). The lowest BCUT2D eigenvalue weighted by Crippen LogP contribution is -2.23. The minimum absolute atomic E-state index is 0.331. The molecule has 0 radical (unpaired) electrons. The third-order valence-corrected chi connectivity index (χ3v) is 3.14. The van der Waals surface area contributed by atoms with Gasteiger partial charge in [0.25, 0.3) is 0 Å². The Kier molecular flexibility index (Phi) is 3.71.